The second-order valence-corrected chi connectivity index (χ2v) is 5.08. The molecule has 2 N–H and O–H groups in total. The molecule has 0 bridgehead atoms. The molecule has 1 aliphatic rings. The number of carboxylic acid groups (broad SMARTS) is 1. The van der Waals surface area contributed by atoms with Gasteiger partial charge in [0, 0.05) is 13.0 Å². The van der Waals surface area contributed by atoms with Crippen molar-refractivity contribution in [1.29, 1.82) is 0 Å². The highest BCUT2D eigenvalue weighted by molar-refractivity contribution is 5.87. The second kappa shape index (κ2) is 6.89. The SMILES string of the molecule is O=C(C[C@H]1C=CCC1)NCCc1cccc(C(=O)O)c1. The molecular formula is C16H19NO3. The molecule has 0 spiro atoms. The fourth-order valence-corrected chi connectivity index (χ4v) is 2.38. The van der Waals surface area contributed by atoms with Crippen molar-refractivity contribution in [3.05, 3.63) is 47.5 Å². The number of rotatable bonds is 6. The Labute approximate surface area is 118 Å². The lowest BCUT2D eigenvalue weighted by molar-refractivity contribution is -0.121. The van der Waals surface area contributed by atoms with Crippen LogP contribution in [0.2, 0.25) is 0 Å². The fourth-order valence-electron chi connectivity index (χ4n) is 2.38. The van der Waals surface area contributed by atoms with E-state index >= 15 is 0 Å². The van der Waals surface area contributed by atoms with E-state index in [9.17, 15) is 9.59 Å². The van der Waals surface area contributed by atoms with E-state index < -0.39 is 5.97 Å². The summed E-state index contributed by atoms with van der Waals surface area (Å²) < 4.78 is 0. The lowest BCUT2D eigenvalue weighted by atomic mass is 10.0. The predicted octanol–water partition coefficient (Wildman–Crippen LogP) is 2.40. The van der Waals surface area contributed by atoms with E-state index in [-0.39, 0.29) is 11.5 Å². The van der Waals surface area contributed by atoms with Crippen LogP contribution in [0.4, 0.5) is 0 Å². The molecular weight excluding hydrogens is 254 g/mol. The Kier molecular flexibility index (Phi) is 4.93. The molecule has 1 aromatic carbocycles. The summed E-state index contributed by atoms with van der Waals surface area (Å²) in [5.74, 6) is -0.481. The molecule has 0 aromatic heterocycles. The lowest BCUT2D eigenvalue weighted by Crippen LogP contribution is -2.27. The van der Waals surface area contributed by atoms with Gasteiger partial charge in [-0.15, -0.1) is 0 Å². The number of allylic oxidation sites excluding steroid dienone is 2. The van der Waals surface area contributed by atoms with Gasteiger partial charge in [-0.05, 0) is 42.9 Å². The van der Waals surface area contributed by atoms with Crippen LogP contribution in [0, 0.1) is 5.92 Å². The molecule has 0 heterocycles. The summed E-state index contributed by atoms with van der Waals surface area (Å²) >= 11 is 0. The van der Waals surface area contributed by atoms with E-state index in [4.69, 9.17) is 5.11 Å². The second-order valence-electron chi connectivity index (χ2n) is 5.08. The van der Waals surface area contributed by atoms with Crippen molar-refractivity contribution in [2.45, 2.75) is 25.7 Å². The smallest absolute Gasteiger partial charge is 0.335 e. The first-order chi connectivity index (χ1) is 9.65. The molecule has 106 valence electrons. The summed E-state index contributed by atoms with van der Waals surface area (Å²) in [6.45, 7) is 0.540. The van der Waals surface area contributed by atoms with Crippen molar-refractivity contribution in [2.24, 2.45) is 5.92 Å². The van der Waals surface area contributed by atoms with Crippen molar-refractivity contribution >= 4 is 11.9 Å². The van der Waals surface area contributed by atoms with Crippen molar-refractivity contribution in [3.63, 3.8) is 0 Å². The van der Waals surface area contributed by atoms with Crippen molar-refractivity contribution < 1.29 is 14.7 Å². The molecule has 2 rings (SSSR count). The van der Waals surface area contributed by atoms with Crippen LogP contribution in [0.3, 0.4) is 0 Å². The van der Waals surface area contributed by atoms with Gasteiger partial charge in [0.05, 0.1) is 5.56 Å². The van der Waals surface area contributed by atoms with Crippen LogP contribution < -0.4 is 5.32 Å². The average molecular weight is 273 g/mol. The third-order valence-electron chi connectivity index (χ3n) is 3.47. The molecule has 4 heteroatoms. The standard InChI is InChI=1S/C16H19NO3/c18-15(11-12-4-1-2-5-12)17-9-8-13-6-3-7-14(10-13)16(19)20/h1,3-4,6-7,10,12H,2,5,8-9,11H2,(H,17,18)(H,19,20)/t12-/m0/s1. The first kappa shape index (κ1) is 14.3. The highest BCUT2D eigenvalue weighted by atomic mass is 16.4. The van der Waals surface area contributed by atoms with Crippen molar-refractivity contribution in [1.82, 2.24) is 5.32 Å². The monoisotopic (exact) mass is 273 g/mol. The number of nitrogens with one attached hydrogen (secondary N) is 1. The van der Waals surface area contributed by atoms with Gasteiger partial charge < -0.3 is 10.4 Å². The number of amides is 1. The first-order valence-corrected chi connectivity index (χ1v) is 6.91. The van der Waals surface area contributed by atoms with Gasteiger partial charge in [0.2, 0.25) is 5.91 Å². The van der Waals surface area contributed by atoms with E-state index in [1.54, 1.807) is 18.2 Å². The van der Waals surface area contributed by atoms with Gasteiger partial charge >= 0.3 is 5.97 Å². The van der Waals surface area contributed by atoms with Gasteiger partial charge in [-0.1, -0.05) is 24.3 Å². The Morgan fingerprint density at radius 2 is 2.20 bits per heavy atom. The van der Waals surface area contributed by atoms with Crippen LogP contribution in [0.1, 0.15) is 35.2 Å². The zero-order valence-electron chi connectivity index (χ0n) is 11.3. The Balaban J connectivity index is 1.75. The minimum absolute atomic E-state index is 0.0657. The van der Waals surface area contributed by atoms with Crippen LogP contribution >= 0.6 is 0 Å². The molecule has 1 aliphatic carbocycles. The molecule has 0 unspecified atom stereocenters. The van der Waals surface area contributed by atoms with Crippen LogP contribution in [0.15, 0.2) is 36.4 Å². The molecule has 0 aliphatic heterocycles. The summed E-state index contributed by atoms with van der Waals surface area (Å²) in [6, 6.07) is 6.81. The molecule has 0 saturated heterocycles. The number of hydrogen-bond donors (Lipinski definition) is 2. The third kappa shape index (κ3) is 4.23. The number of carboxylic acids is 1. The Hall–Kier alpha value is -2.10. The van der Waals surface area contributed by atoms with Gasteiger partial charge in [0.1, 0.15) is 0 Å². The van der Waals surface area contributed by atoms with Crippen molar-refractivity contribution in [2.75, 3.05) is 6.54 Å². The highest BCUT2D eigenvalue weighted by Gasteiger charge is 2.13. The first-order valence-electron chi connectivity index (χ1n) is 6.91. The zero-order chi connectivity index (χ0) is 14.4. The average Bonchev–Trinajstić information content (AvgIpc) is 2.92. The summed E-state index contributed by atoms with van der Waals surface area (Å²) in [5, 5.41) is 11.8. The van der Waals surface area contributed by atoms with E-state index in [2.05, 4.69) is 17.5 Å². The molecule has 0 saturated carbocycles. The Bertz CT molecular complexity index is 522. The van der Waals surface area contributed by atoms with Gasteiger partial charge in [-0.2, -0.15) is 0 Å². The van der Waals surface area contributed by atoms with Crippen molar-refractivity contribution in [3.8, 4) is 0 Å². The van der Waals surface area contributed by atoms with Crippen LogP contribution in [0.5, 0.6) is 0 Å². The molecule has 4 nitrogen and oxygen atoms in total. The van der Waals surface area contributed by atoms with E-state index in [0.29, 0.717) is 25.3 Å². The maximum absolute atomic E-state index is 11.7. The van der Waals surface area contributed by atoms with Gasteiger partial charge in [0.15, 0.2) is 0 Å². The van der Waals surface area contributed by atoms with Crippen LogP contribution in [-0.4, -0.2) is 23.5 Å². The van der Waals surface area contributed by atoms with Crippen LogP contribution in [-0.2, 0) is 11.2 Å². The minimum atomic E-state index is -0.927. The predicted molar refractivity (Wildman–Crippen MR) is 76.6 cm³/mol. The number of aromatic carboxylic acids is 1. The quantitative estimate of drug-likeness (QED) is 0.782. The molecule has 1 amide bonds. The van der Waals surface area contributed by atoms with E-state index in [1.165, 1.54) is 0 Å². The summed E-state index contributed by atoms with van der Waals surface area (Å²) in [4.78, 5) is 22.6. The largest absolute Gasteiger partial charge is 0.478 e. The number of hydrogen-bond acceptors (Lipinski definition) is 2. The lowest BCUT2D eigenvalue weighted by Gasteiger charge is -2.09. The topological polar surface area (TPSA) is 66.4 Å². The molecule has 20 heavy (non-hydrogen) atoms. The molecule has 1 aromatic rings. The maximum atomic E-state index is 11.7. The number of carbonyl (C=O) groups is 2. The highest BCUT2D eigenvalue weighted by Crippen LogP contribution is 2.19. The number of benzene rings is 1. The molecule has 1 atom stereocenters. The summed E-state index contributed by atoms with van der Waals surface area (Å²) in [6.07, 6.45) is 7.55. The number of carbonyl (C=O) groups excluding carboxylic acids is 1. The Morgan fingerprint density at radius 1 is 1.35 bits per heavy atom. The molecule has 0 radical (unpaired) electrons. The maximum Gasteiger partial charge on any atom is 0.335 e. The van der Waals surface area contributed by atoms with E-state index in [1.807, 2.05) is 6.07 Å². The summed E-state index contributed by atoms with van der Waals surface area (Å²) in [5.41, 5.74) is 1.20. The fraction of sp³-hybridized carbons (Fsp3) is 0.375. The Morgan fingerprint density at radius 3 is 2.90 bits per heavy atom. The van der Waals surface area contributed by atoms with Crippen LogP contribution in [0.25, 0.3) is 0 Å². The zero-order valence-corrected chi connectivity index (χ0v) is 11.3. The third-order valence-corrected chi connectivity index (χ3v) is 3.47. The van der Waals surface area contributed by atoms with Gasteiger partial charge in [0.25, 0.3) is 0 Å². The summed E-state index contributed by atoms with van der Waals surface area (Å²) in [7, 11) is 0. The van der Waals surface area contributed by atoms with E-state index in [0.717, 1.165) is 18.4 Å². The minimum Gasteiger partial charge on any atom is -0.478 e. The van der Waals surface area contributed by atoms with Gasteiger partial charge in [-0.25, -0.2) is 4.79 Å². The normalized spacial score (nSPS) is 17.1. The van der Waals surface area contributed by atoms with Gasteiger partial charge in [-0.3, -0.25) is 4.79 Å². The molecule has 0 fully saturated rings.